The summed E-state index contributed by atoms with van der Waals surface area (Å²) < 4.78 is 5.51. The molecule has 4 nitrogen and oxygen atoms in total. The molecule has 5 heteroatoms. The average molecular weight is 242 g/mol. The number of anilines is 1. The van der Waals surface area contributed by atoms with Crippen molar-refractivity contribution in [3.63, 3.8) is 0 Å². The molecule has 0 saturated carbocycles. The summed E-state index contributed by atoms with van der Waals surface area (Å²) in [7, 11) is 0. The van der Waals surface area contributed by atoms with Gasteiger partial charge in [-0.15, -0.1) is 11.3 Å². The molecule has 1 aromatic rings. The van der Waals surface area contributed by atoms with Crippen LogP contribution < -0.4 is 4.90 Å². The molecule has 2 atom stereocenters. The highest BCUT2D eigenvalue weighted by molar-refractivity contribution is 7.15. The van der Waals surface area contributed by atoms with Gasteiger partial charge in [0, 0.05) is 11.4 Å². The lowest BCUT2D eigenvalue weighted by Gasteiger charge is -2.37. The molecule has 2 rings (SSSR count). The largest absolute Gasteiger partial charge is 0.394 e. The van der Waals surface area contributed by atoms with Gasteiger partial charge in [0.1, 0.15) is 0 Å². The predicted molar refractivity (Wildman–Crippen MR) is 65.2 cm³/mol. The standard InChI is InChI=1S/C11H18N2O2S/c1-7-6-15-10(5-14)4-13(7)11-12-8(2)9(3)16-11/h7,10,14H,4-6H2,1-3H3. The fraction of sp³-hybridized carbons (Fsp3) is 0.727. The average Bonchev–Trinajstić information content (AvgIpc) is 2.60. The number of aryl methyl sites for hydroxylation is 2. The van der Waals surface area contributed by atoms with Crippen molar-refractivity contribution in [2.45, 2.75) is 32.9 Å². The minimum Gasteiger partial charge on any atom is -0.394 e. The van der Waals surface area contributed by atoms with E-state index in [1.807, 2.05) is 6.92 Å². The van der Waals surface area contributed by atoms with Gasteiger partial charge < -0.3 is 14.7 Å². The van der Waals surface area contributed by atoms with Gasteiger partial charge in [-0.2, -0.15) is 0 Å². The fourth-order valence-electron chi connectivity index (χ4n) is 1.77. The van der Waals surface area contributed by atoms with Gasteiger partial charge in [-0.1, -0.05) is 0 Å². The Morgan fingerprint density at radius 2 is 2.31 bits per heavy atom. The lowest BCUT2D eigenvalue weighted by molar-refractivity contribution is -0.0103. The Morgan fingerprint density at radius 3 is 2.88 bits per heavy atom. The van der Waals surface area contributed by atoms with Gasteiger partial charge in [0.2, 0.25) is 0 Å². The van der Waals surface area contributed by atoms with Crippen LogP contribution in [0.5, 0.6) is 0 Å². The van der Waals surface area contributed by atoms with Crippen molar-refractivity contribution >= 4 is 16.5 Å². The number of aromatic nitrogens is 1. The maximum Gasteiger partial charge on any atom is 0.186 e. The molecule has 1 N–H and O–H groups in total. The maximum atomic E-state index is 9.13. The number of nitrogens with zero attached hydrogens (tertiary/aromatic N) is 2. The molecule has 16 heavy (non-hydrogen) atoms. The van der Waals surface area contributed by atoms with Gasteiger partial charge >= 0.3 is 0 Å². The summed E-state index contributed by atoms with van der Waals surface area (Å²) in [6, 6.07) is 0.327. The third kappa shape index (κ3) is 2.21. The van der Waals surface area contributed by atoms with E-state index in [0.717, 1.165) is 17.4 Å². The molecular formula is C11H18N2O2S. The zero-order valence-corrected chi connectivity index (χ0v) is 10.8. The van der Waals surface area contributed by atoms with Gasteiger partial charge in [-0.05, 0) is 20.8 Å². The van der Waals surface area contributed by atoms with Gasteiger partial charge in [-0.3, -0.25) is 0 Å². The van der Waals surface area contributed by atoms with Gasteiger partial charge in [0.25, 0.3) is 0 Å². The summed E-state index contributed by atoms with van der Waals surface area (Å²) in [5.41, 5.74) is 1.10. The van der Waals surface area contributed by atoms with Crippen LogP contribution in [0.25, 0.3) is 0 Å². The van der Waals surface area contributed by atoms with Crippen molar-refractivity contribution in [2.24, 2.45) is 0 Å². The molecule has 0 amide bonds. The zero-order valence-electron chi connectivity index (χ0n) is 9.93. The SMILES string of the molecule is Cc1nc(N2CC(CO)OCC2C)sc1C. The van der Waals surface area contributed by atoms with E-state index in [-0.39, 0.29) is 12.7 Å². The van der Waals surface area contributed by atoms with E-state index in [9.17, 15) is 0 Å². The van der Waals surface area contributed by atoms with Gasteiger partial charge in [0.05, 0.1) is 31.1 Å². The van der Waals surface area contributed by atoms with E-state index in [0.29, 0.717) is 12.6 Å². The first-order valence-corrected chi connectivity index (χ1v) is 6.36. The second-order valence-electron chi connectivity index (χ2n) is 4.28. The molecule has 0 radical (unpaired) electrons. The van der Waals surface area contributed by atoms with Crippen LogP contribution in [0.15, 0.2) is 0 Å². The first kappa shape index (κ1) is 11.8. The fourth-order valence-corrected chi connectivity index (χ4v) is 2.79. The number of aliphatic hydroxyl groups is 1. The van der Waals surface area contributed by atoms with Crippen molar-refractivity contribution < 1.29 is 9.84 Å². The lowest BCUT2D eigenvalue weighted by Crippen LogP contribution is -2.49. The maximum absolute atomic E-state index is 9.13. The Balaban J connectivity index is 2.17. The lowest BCUT2D eigenvalue weighted by atomic mass is 10.2. The zero-order chi connectivity index (χ0) is 11.7. The Morgan fingerprint density at radius 1 is 1.56 bits per heavy atom. The summed E-state index contributed by atoms with van der Waals surface area (Å²) in [5.74, 6) is 0. The smallest absolute Gasteiger partial charge is 0.186 e. The van der Waals surface area contributed by atoms with Crippen LogP contribution in [0.2, 0.25) is 0 Å². The second-order valence-corrected chi connectivity index (χ2v) is 5.46. The molecule has 1 aliphatic rings. The van der Waals surface area contributed by atoms with E-state index in [2.05, 4.69) is 23.7 Å². The summed E-state index contributed by atoms with van der Waals surface area (Å²) in [6.07, 6.45) is -0.0827. The number of thiazole rings is 1. The number of ether oxygens (including phenoxy) is 1. The first-order chi connectivity index (χ1) is 7.61. The molecular weight excluding hydrogens is 224 g/mol. The molecule has 1 aliphatic heterocycles. The van der Waals surface area contributed by atoms with E-state index < -0.39 is 0 Å². The summed E-state index contributed by atoms with van der Waals surface area (Å²) in [4.78, 5) is 8.05. The van der Waals surface area contributed by atoms with E-state index in [1.165, 1.54) is 4.88 Å². The highest BCUT2D eigenvalue weighted by Crippen LogP contribution is 2.28. The van der Waals surface area contributed by atoms with Crippen molar-refractivity contribution in [2.75, 3.05) is 24.7 Å². The monoisotopic (exact) mass is 242 g/mol. The molecule has 0 spiro atoms. The van der Waals surface area contributed by atoms with Crippen molar-refractivity contribution in [1.29, 1.82) is 0 Å². The quantitative estimate of drug-likeness (QED) is 0.850. The van der Waals surface area contributed by atoms with E-state index in [1.54, 1.807) is 11.3 Å². The Hall–Kier alpha value is -0.650. The number of morpholine rings is 1. The van der Waals surface area contributed by atoms with Crippen LogP contribution >= 0.6 is 11.3 Å². The van der Waals surface area contributed by atoms with Crippen LogP contribution in [-0.2, 0) is 4.74 Å². The van der Waals surface area contributed by atoms with Crippen LogP contribution in [0.3, 0.4) is 0 Å². The van der Waals surface area contributed by atoms with E-state index in [4.69, 9.17) is 9.84 Å². The van der Waals surface area contributed by atoms with Crippen LogP contribution in [0.1, 0.15) is 17.5 Å². The van der Waals surface area contributed by atoms with Crippen molar-refractivity contribution in [3.05, 3.63) is 10.6 Å². The van der Waals surface area contributed by atoms with Gasteiger partial charge in [0.15, 0.2) is 5.13 Å². The third-order valence-corrected chi connectivity index (χ3v) is 4.08. The minimum absolute atomic E-state index is 0.0760. The molecule has 2 heterocycles. The van der Waals surface area contributed by atoms with Crippen LogP contribution in [0, 0.1) is 13.8 Å². The Bertz CT molecular complexity index is 347. The van der Waals surface area contributed by atoms with Crippen molar-refractivity contribution in [1.82, 2.24) is 4.98 Å². The highest BCUT2D eigenvalue weighted by Gasteiger charge is 2.27. The highest BCUT2D eigenvalue weighted by atomic mass is 32.1. The predicted octanol–water partition coefficient (Wildman–Crippen LogP) is 1.35. The molecule has 2 unspecified atom stereocenters. The van der Waals surface area contributed by atoms with Gasteiger partial charge in [-0.25, -0.2) is 4.98 Å². The topological polar surface area (TPSA) is 45.6 Å². The van der Waals surface area contributed by atoms with Crippen molar-refractivity contribution in [3.8, 4) is 0 Å². The molecule has 0 aliphatic carbocycles. The molecule has 0 aromatic carbocycles. The minimum atomic E-state index is -0.0827. The summed E-state index contributed by atoms with van der Waals surface area (Å²) in [6.45, 7) is 7.70. The Kier molecular flexibility index (Phi) is 3.47. The third-order valence-electron chi connectivity index (χ3n) is 2.97. The normalized spacial score (nSPS) is 26.1. The first-order valence-electron chi connectivity index (χ1n) is 5.55. The number of aliphatic hydroxyl groups excluding tert-OH is 1. The molecule has 0 bridgehead atoms. The summed E-state index contributed by atoms with van der Waals surface area (Å²) >= 11 is 1.71. The second kappa shape index (κ2) is 4.69. The molecule has 1 saturated heterocycles. The summed E-state index contributed by atoms with van der Waals surface area (Å²) in [5, 5.41) is 10.2. The number of hydrogen-bond donors (Lipinski definition) is 1. The molecule has 1 aromatic heterocycles. The molecule has 1 fully saturated rings. The number of rotatable bonds is 2. The van der Waals surface area contributed by atoms with Crippen LogP contribution in [0.4, 0.5) is 5.13 Å². The molecule has 90 valence electrons. The number of hydrogen-bond acceptors (Lipinski definition) is 5. The van der Waals surface area contributed by atoms with E-state index >= 15 is 0 Å². The Labute approximate surface area is 99.9 Å². The van der Waals surface area contributed by atoms with Crippen LogP contribution in [-0.4, -0.2) is 42.0 Å².